The van der Waals surface area contributed by atoms with Gasteiger partial charge >= 0.3 is 10.1 Å². The van der Waals surface area contributed by atoms with Crippen molar-refractivity contribution in [3.63, 3.8) is 0 Å². The SMILES string of the molecule is CCCS(=O)(=O)Oc1ccc(-c2cc(C(=O)NN3CCCCC3)nn2-c2ccc(Cl)cc2Cl)cc1. The predicted molar refractivity (Wildman–Crippen MR) is 137 cm³/mol. The van der Waals surface area contributed by atoms with Gasteiger partial charge in [0.25, 0.3) is 5.91 Å². The summed E-state index contributed by atoms with van der Waals surface area (Å²) < 4.78 is 30.7. The second-order valence-corrected chi connectivity index (χ2v) is 10.8. The summed E-state index contributed by atoms with van der Waals surface area (Å²) in [5.74, 6) is -0.171. The van der Waals surface area contributed by atoms with Crippen LogP contribution in [0.1, 0.15) is 43.1 Å². The number of rotatable bonds is 8. The first-order valence-electron chi connectivity index (χ1n) is 11.4. The van der Waals surface area contributed by atoms with Crippen LogP contribution in [0, 0.1) is 0 Å². The Bertz CT molecular complexity index is 1300. The van der Waals surface area contributed by atoms with Gasteiger partial charge < -0.3 is 4.18 Å². The Morgan fingerprint density at radius 3 is 2.43 bits per heavy atom. The topological polar surface area (TPSA) is 93.5 Å². The highest BCUT2D eigenvalue weighted by Crippen LogP contribution is 2.31. The number of carbonyl (C=O) groups is 1. The van der Waals surface area contributed by atoms with Crippen LogP contribution >= 0.6 is 23.2 Å². The van der Waals surface area contributed by atoms with Gasteiger partial charge in [-0.3, -0.25) is 10.2 Å². The van der Waals surface area contributed by atoms with Crippen molar-refractivity contribution in [1.29, 1.82) is 0 Å². The van der Waals surface area contributed by atoms with Crippen LogP contribution in [0.2, 0.25) is 10.0 Å². The van der Waals surface area contributed by atoms with E-state index in [1.807, 2.05) is 5.01 Å². The number of nitrogens with zero attached hydrogens (tertiary/aromatic N) is 3. The van der Waals surface area contributed by atoms with Gasteiger partial charge in [-0.2, -0.15) is 13.5 Å². The van der Waals surface area contributed by atoms with Gasteiger partial charge in [0.2, 0.25) is 0 Å². The Labute approximate surface area is 214 Å². The number of hydrazine groups is 1. The third kappa shape index (κ3) is 6.35. The van der Waals surface area contributed by atoms with Crippen molar-refractivity contribution in [2.45, 2.75) is 32.6 Å². The second-order valence-electron chi connectivity index (χ2n) is 8.28. The summed E-state index contributed by atoms with van der Waals surface area (Å²) in [6.07, 6.45) is 3.68. The molecule has 186 valence electrons. The second kappa shape index (κ2) is 11.0. The zero-order valence-electron chi connectivity index (χ0n) is 19.2. The molecular formula is C24H26Cl2N4O4S. The Balaban J connectivity index is 1.68. The minimum Gasteiger partial charge on any atom is -0.382 e. The summed E-state index contributed by atoms with van der Waals surface area (Å²) in [6.45, 7) is 3.36. The lowest BCUT2D eigenvalue weighted by Crippen LogP contribution is -2.45. The van der Waals surface area contributed by atoms with E-state index in [1.165, 1.54) is 0 Å². The number of hydrogen-bond acceptors (Lipinski definition) is 6. The van der Waals surface area contributed by atoms with Crippen LogP contribution in [0.5, 0.6) is 5.75 Å². The van der Waals surface area contributed by atoms with E-state index in [-0.39, 0.29) is 23.1 Å². The van der Waals surface area contributed by atoms with Crippen molar-refractivity contribution in [3.05, 3.63) is 64.3 Å². The molecule has 0 unspecified atom stereocenters. The standard InChI is InChI=1S/C24H26Cl2N4O4S/c1-2-14-35(32,33)34-19-9-6-17(7-10-19)23-16-21(24(31)28-29-12-4-3-5-13-29)27-30(23)22-11-8-18(25)15-20(22)26/h6-11,15-16H,2-5,12-14H2,1H3,(H,28,31). The molecule has 8 nitrogen and oxygen atoms in total. The highest BCUT2D eigenvalue weighted by atomic mass is 35.5. The third-order valence-corrected chi connectivity index (χ3v) is 7.42. The quantitative estimate of drug-likeness (QED) is 0.402. The van der Waals surface area contributed by atoms with Crippen LogP contribution in [0.25, 0.3) is 16.9 Å². The molecule has 1 aromatic heterocycles. The Kier molecular flexibility index (Phi) is 8.01. The average molecular weight is 537 g/mol. The van der Waals surface area contributed by atoms with Crippen LogP contribution in [-0.2, 0) is 10.1 Å². The number of aromatic nitrogens is 2. The van der Waals surface area contributed by atoms with Crippen molar-refractivity contribution in [1.82, 2.24) is 20.2 Å². The van der Waals surface area contributed by atoms with Crippen LogP contribution in [-0.4, -0.2) is 48.0 Å². The molecule has 0 saturated carbocycles. The zero-order valence-corrected chi connectivity index (χ0v) is 21.5. The molecule has 2 aromatic carbocycles. The molecule has 1 saturated heterocycles. The van der Waals surface area contributed by atoms with Crippen molar-refractivity contribution >= 4 is 39.2 Å². The first kappa shape index (κ1) is 25.5. The lowest BCUT2D eigenvalue weighted by Gasteiger charge is -2.26. The first-order valence-corrected chi connectivity index (χ1v) is 13.7. The monoisotopic (exact) mass is 536 g/mol. The molecule has 2 heterocycles. The maximum atomic E-state index is 13.0. The highest BCUT2D eigenvalue weighted by Gasteiger charge is 2.21. The molecule has 11 heteroatoms. The molecule has 0 radical (unpaired) electrons. The molecule has 1 aliphatic rings. The van der Waals surface area contributed by atoms with Gasteiger partial charge in [-0.05, 0) is 67.8 Å². The number of carbonyl (C=O) groups excluding carboxylic acids is 1. The molecule has 0 bridgehead atoms. The normalized spacial score (nSPS) is 14.6. The van der Waals surface area contributed by atoms with E-state index in [9.17, 15) is 13.2 Å². The lowest BCUT2D eigenvalue weighted by molar-refractivity contribution is 0.0744. The van der Waals surface area contributed by atoms with Gasteiger partial charge in [0.1, 0.15) is 5.75 Å². The van der Waals surface area contributed by atoms with Crippen molar-refractivity contribution < 1.29 is 17.4 Å². The van der Waals surface area contributed by atoms with E-state index in [4.69, 9.17) is 27.4 Å². The van der Waals surface area contributed by atoms with Gasteiger partial charge in [-0.15, -0.1) is 0 Å². The van der Waals surface area contributed by atoms with E-state index >= 15 is 0 Å². The van der Waals surface area contributed by atoms with E-state index in [0.29, 0.717) is 33.4 Å². The molecule has 4 rings (SSSR count). The third-order valence-electron chi connectivity index (χ3n) is 5.52. The number of hydrogen-bond donors (Lipinski definition) is 1. The molecule has 1 fully saturated rings. The predicted octanol–water partition coefficient (Wildman–Crippen LogP) is 5.10. The maximum absolute atomic E-state index is 13.0. The molecule has 3 aromatic rings. The summed E-state index contributed by atoms with van der Waals surface area (Å²) in [5, 5.41) is 7.30. The fourth-order valence-electron chi connectivity index (χ4n) is 3.86. The number of nitrogens with one attached hydrogen (secondary N) is 1. The lowest BCUT2D eigenvalue weighted by atomic mass is 10.1. The zero-order chi connectivity index (χ0) is 25.0. The van der Waals surface area contributed by atoms with Gasteiger partial charge in [0, 0.05) is 23.7 Å². The van der Waals surface area contributed by atoms with Crippen LogP contribution in [0.15, 0.2) is 48.5 Å². The fraction of sp³-hybridized carbons (Fsp3) is 0.333. The van der Waals surface area contributed by atoms with Gasteiger partial charge in [0.05, 0.1) is 22.2 Å². The van der Waals surface area contributed by atoms with Gasteiger partial charge in [-0.25, -0.2) is 9.69 Å². The fourth-order valence-corrected chi connectivity index (χ4v) is 5.34. The molecule has 0 aliphatic carbocycles. The van der Waals surface area contributed by atoms with Crippen molar-refractivity contribution in [2.75, 3.05) is 18.8 Å². The summed E-state index contributed by atoms with van der Waals surface area (Å²) in [5.41, 5.74) is 4.99. The molecule has 1 N–H and O–H groups in total. The molecule has 1 aliphatic heterocycles. The number of halogens is 2. The van der Waals surface area contributed by atoms with Gasteiger partial charge in [-0.1, -0.05) is 36.5 Å². The average Bonchev–Trinajstić information content (AvgIpc) is 3.25. The van der Waals surface area contributed by atoms with Gasteiger partial charge in [0.15, 0.2) is 5.69 Å². The summed E-state index contributed by atoms with van der Waals surface area (Å²) in [6, 6.07) is 13.2. The Morgan fingerprint density at radius 2 is 1.77 bits per heavy atom. The highest BCUT2D eigenvalue weighted by molar-refractivity contribution is 7.87. The maximum Gasteiger partial charge on any atom is 0.309 e. The summed E-state index contributed by atoms with van der Waals surface area (Å²) in [7, 11) is -3.65. The van der Waals surface area contributed by atoms with E-state index in [2.05, 4.69) is 10.5 Å². The molecule has 0 atom stereocenters. The van der Waals surface area contributed by atoms with E-state index < -0.39 is 10.1 Å². The number of piperidine rings is 1. The number of amides is 1. The Hall–Kier alpha value is -2.59. The molecular weight excluding hydrogens is 511 g/mol. The molecule has 0 spiro atoms. The van der Waals surface area contributed by atoms with Crippen LogP contribution in [0.4, 0.5) is 0 Å². The minimum absolute atomic E-state index is 0.0634. The first-order chi connectivity index (χ1) is 16.8. The summed E-state index contributed by atoms with van der Waals surface area (Å²) >= 11 is 12.5. The molecule has 1 amide bonds. The minimum atomic E-state index is -3.65. The smallest absolute Gasteiger partial charge is 0.309 e. The van der Waals surface area contributed by atoms with E-state index in [0.717, 1.165) is 32.4 Å². The summed E-state index contributed by atoms with van der Waals surface area (Å²) in [4.78, 5) is 13.0. The number of benzene rings is 2. The van der Waals surface area contributed by atoms with Crippen molar-refractivity contribution in [2.24, 2.45) is 0 Å². The van der Waals surface area contributed by atoms with E-state index in [1.54, 1.807) is 60.1 Å². The van der Waals surface area contributed by atoms with Crippen LogP contribution in [0.3, 0.4) is 0 Å². The van der Waals surface area contributed by atoms with Crippen LogP contribution < -0.4 is 9.61 Å². The largest absolute Gasteiger partial charge is 0.382 e. The Morgan fingerprint density at radius 1 is 1.06 bits per heavy atom. The van der Waals surface area contributed by atoms with Crippen molar-refractivity contribution in [3.8, 4) is 22.7 Å². The molecule has 35 heavy (non-hydrogen) atoms.